The van der Waals surface area contributed by atoms with Gasteiger partial charge in [0, 0.05) is 6.42 Å². The van der Waals surface area contributed by atoms with Gasteiger partial charge in [-0.1, -0.05) is 20.3 Å². The predicted molar refractivity (Wildman–Crippen MR) is 57.7 cm³/mol. The van der Waals surface area contributed by atoms with Crippen molar-refractivity contribution in [1.82, 2.24) is 0 Å². The number of allylic oxidation sites excluding steroid dienone is 2. The summed E-state index contributed by atoms with van der Waals surface area (Å²) < 4.78 is 5.89. The van der Waals surface area contributed by atoms with Crippen LogP contribution in [0.4, 0.5) is 0 Å². The summed E-state index contributed by atoms with van der Waals surface area (Å²) in [7, 11) is -1.36. The molecule has 72 valence electrons. The minimum absolute atomic E-state index is 1.03. The number of unbranched alkanes of at least 4 members (excludes halogenated alkanes) is 1. The third kappa shape index (κ3) is 6.47. The van der Waals surface area contributed by atoms with Crippen LogP contribution in [0.15, 0.2) is 11.8 Å². The molecular formula is C10H22OSi. The fourth-order valence-electron chi connectivity index (χ4n) is 0.957. The van der Waals surface area contributed by atoms with Gasteiger partial charge in [0.1, 0.15) is 0 Å². The first-order valence-corrected chi connectivity index (χ1v) is 8.28. The van der Waals surface area contributed by atoms with Crippen molar-refractivity contribution in [2.75, 3.05) is 0 Å². The van der Waals surface area contributed by atoms with E-state index >= 15 is 0 Å². The van der Waals surface area contributed by atoms with Gasteiger partial charge in [0.25, 0.3) is 0 Å². The van der Waals surface area contributed by atoms with Crippen LogP contribution in [0.5, 0.6) is 0 Å². The molecule has 0 aliphatic heterocycles. The van der Waals surface area contributed by atoms with Crippen LogP contribution < -0.4 is 0 Å². The van der Waals surface area contributed by atoms with Crippen LogP contribution in [-0.2, 0) is 4.43 Å². The van der Waals surface area contributed by atoms with Gasteiger partial charge in [0.15, 0.2) is 0 Å². The Hall–Kier alpha value is -0.243. The summed E-state index contributed by atoms with van der Waals surface area (Å²) in [5.74, 6) is 1.19. The molecule has 0 amide bonds. The molecular weight excluding hydrogens is 164 g/mol. The molecule has 0 fully saturated rings. The third-order valence-electron chi connectivity index (χ3n) is 1.45. The standard InChI is InChI=1S/C10H22OSi/c1-6-8-9-10(7-2)11-12(3,4)5/h9H,6-8H2,1-5H3. The first-order valence-electron chi connectivity index (χ1n) is 4.87. The Morgan fingerprint density at radius 1 is 1.25 bits per heavy atom. The van der Waals surface area contributed by atoms with Gasteiger partial charge in [-0.05, 0) is 32.1 Å². The summed E-state index contributed by atoms with van der Waals surface area (Å²) in [5, 5.41) is 0. The smallest absolute Gasteiger partial charge is 0.241 e. The summed E-state index contributed by atoms with van der Waals surface area (Å²) in [6, 6.07) is 0. The van der Waals surface area contributed by atoms with E-state index in [9.17, 15) is 0 Å². The van der Waals surface area contributed by atoms with E-state index in [0.29, 0.717) is 0 Å². The second-order valence-corrected chi connectivity index (χ2v) is 8.46. The van der Waals surface area contributed by atoms with Crippen molar-refractivity contribution in [3.63, 3.8) is 0 Å². The minimum Gasteiger partial charge on any atom is -0.548 e. The summed E-state index contributed by atoms with van der Waals surface area (Å²) in [6.07, 6.45) is 5.62. The maximum Gasteiger partial charge on any atom is 0.241 e. The predicted octanol–water partition coefficient (Wildman–Crippen LogP) is 3.93. The molecule has 2 heteroatoms. The summed E-state index contributed by atoms with van der Waals surface area (Å²) in [5.41, 5.74) is 0. The van der Waals surface area contributed by atoms with Gasteiger partial charge >= 0.3 is 0 Å². The van der Waals surface area contributed by atoms with Crippen LogP contribution in [0.25, 0.3) is 0 Å². The quantitative estimate of drug-likeness (QED) is 0.467. The first kappa shape index (κ1) is 11.8. The molecule has 0 saturated heterocycles. The van der Waals surface area contributed by atoms with Gasteiger partial charge in [-0.15, -0.1) is 0 Å². The van der Waals surface area contributed by atoms with Crippen molar-refractivity contribution in [1.29, 1.82) is 0 Å². The average Bonchev–Trinajstić information content (AvgIpc) is 1.95. The monoisotopic (exact) mass is 186 g/mol. The molecule has 0 saturated carbocycles. The minimum atomic E-state index is -1.36. The number of rotatable bonds is 5. The van der Waals surface area contributed by atoms with Crippen LogP contribution in [0.3, 0.4) is 0 Å². The molecule has 0 radical (unpaired) electrons. The van der Waals surface area contributed by atoms with Crippen LogP contribution in [-0.4, -0.2) is 8.32 Å². The van der Waals surface area contributed by atoms with E-state index in [1.165, 1.54) is 12.2 Å². The molecule has 12 heavy (non-hydrogen) atoms. The molecule has 0 spiro atoms. The second-order valence-electron chi connectivity index (χ2n) is 4.03. The first-order chi connectivity index (χ1) is 5.49. The fourth-order valence-corrected chi connectivity index (χ4v) is 1.97. The maximum absolute atomic E-state index is 5.89. The van der Waals surface area contributed by atoms with Crippen molar-refractivity contribution in [2.24, 2.45) is 0 Å². The second kappa shape index (κ2) is 5.41. The van der Waals surface area contributed by atoms with Crippen molar-refractivity contribution < 1.29 is 4.43 Å². The molecule has 1 nitrogen and oxygen atoms in total. The zero-order chi connectivity index (χ0) is 9.61. The van der Waals surface area contributed by atoms with E-state index in [-0.39, 0.29) is 0 Å². The van der Waals surface area contributed by atoms with Crippen molar-refractivity contribution in [3.8, 4) is 0 Å². The van der Waals surface area contributed by atoms with Crippen LogP contribution in [0, 0.1) is 0 Å². The van der Waals surface area contributed by atoms with Gasteiger partial charge in [-0.2, -0.15) is 0 Å². The number of hydrogen-bond donors (Lipinski definition) is 0. The lowest BCUT2D eigenvalue weighted by Gasteiger charge is -2.21. The van der Waals surface area contributed by atoms with E-state index in [1.807, 2.05) is 0 Å². The molecule has 0 aromatic rings. The van der Waals surface area contributed by atoms with E-state index in [0.717, 1.165) is 12.8 Å². The zero-order valence-corrected chi connectivity index (χ0v) is 10.1. The molecule has 0 atom stereocenters. The SMILES string of the molecule is CCCC=C(CC)O[Si](C)(C)C. The highest BCUT2D eigenvalue weighted by Crippen LogP contribution is 2.13. The Morgan fingerprint density at radius 2 is 1.83 bits per heavy atom. The van der Waals surface area contributed by atoms with Gasteiger partial charge < -0.3 is 4.43 Å². The molecule has 0 aliphatic rings. The van der Waals surface area contributed by atoms with Gasteiger partial charge in [0.05, 0.1) is 5.76 Å². The van der Waals surface area contributed by atoms with Crippen molar-refractivity contribution >= 4 is 8.32 Å². The van der Waals surface area contributed by atoms with Gasteiger partial charge in [-0.25, -0.2) is 0 Å². The van der Waals surface area contributed by atoms with Crippen LogP contribution >= 0.6 is 0 Å². The van der Waals surface area contributed by atoms with E-state index in [4.69, 9.17) is 4.43 Å². The van der Waals surface area contributed by atoms with Crippen LogP contribution in [0.1, 0.15) is 33.1 Å². The zero-order valence-electron chi connectivity index (χ0n) is 9.11. The average molecular weight is 186 g/mol. The molecule has 0 aromatic carbocycles. The molecule has 0 bridgehead atoms. The Labute approximate surface area is 78.0 Å². The molecule has 0 unspecified atom stereocenters. The summed E-state index contributed by atoms with van der Waals surface area (Å²) >= 11 is 0. The molecule has 0 aromatic heterocycles. The van der Waals surface area contributed by atoms with E-state index < -0.39 is 8.32 Å². The van der Waals surface area contributed by atoms with Crippen molar-refractivity contribution in [2.45, 2.75) is 52.8 Å². The lowest BCUT2D eigenvalue weighted by Crippen LogP contribution is -2.24. The molecule has 0 rings (SSSR count). The normalized spacial score (nSPS) is 13.2. The van der Waals surface area contributed by atoms with Crippen molar-refractivity contribution in [3.05, 3.63) is 11.8 Å². The summed E-state index contributed by atoms with van der Waals surface area (Å²) in [4.78, 5) is 0. The fraction of sp³-hybridized carbons (Fsp3) is 0.800. The largest absolute Gasteiger partial charge is 0.548 e. The summed E-state index contributed by atoms with van der Waals surface area (Å²) in [6.45, 7) is 11.0. The van der Waals surface area contributed by atoms with Crippen LogP contribution in [0.2, 0.25) is 19.6 Å². The lowest BCUT2D eigenvalue weighted by atomic mass is 10.3. The highest BCUT2D eigenvalue weighted by Gasteiger charge is 2.16. The molecule has 0 heterocycles. The third-order valence-corrected chi connectivity index (χ3v) is 2.32. The van der Waals surface area contributed by atoms with Gasteiger partial charge in [0.2, 0.25) is 8.32 Å². The van der Waals surface area contributed by atoms with E-state index in [1.54, 1.807) is 0 Å². The molecule has 0 N–H and O–H groups in total. The highest BCUT2D eigenvalue weighted by atomic mass is 28.4. The van der Waals surface area contributed by atoms with Gasteiger partial charge in [-0.3, -0.25) is 0 Å². The highest BCUT2D eigenvalue weighted by molar-refractivity contribution is 6.70. The number of hydrogen-bond acceptors (Lipinski definition) is 1. The van der Waals surface area contributed by atoms with E-state index in [2.05, 4.69) is 39.6 Å². The maximum atomic E-state index is 5.89. The Bertz CT molecular complexity index is 144. The Kier molecular flexibility index (Phi) is 5.30. The molecule has 0 aliphatic carbocycles. The topological polar surface area (TPSA) is 9.23 Å². The Balaban J connectivity index is 3.99. The Morgan fingerprint density at radius 3 is 2.17 bits per heavy atom. The lowest BCUT2D eigenvalue weighted by molar-refractivity contribution is 0.402.